The maximum Gasteiger partial charge on any atom is 0.187 e. The van der Waals surface area contributed by atoms with Crippen LogP contribution >= 0.6 is 0 Å². The van der Waals surface area contributed by atoms with Gasteiger partial charge in [-0.1, -0.05) is 0 Å². The minimum absolute atomic E-state index is 0.128. The zero-order valence-corrected chi connectivity index (χ0v) is 8.64. The molecule has 2 N–H and O–H groups in total. The van der Waals surface area contributed by atoms with Gasteiger partial charge in [-0.05, 0) is 12.1 Å². The van der Waals surface area contributed by atoms with E-state index >= 15 is 0 Å². The summed E-state index contributed by atoms with van der Waals surface area (Å²) in [6.45, 7) is 0. The molecule has 1 aromatic carbocycles. The summed E-state index contributed by atoms with van der Waals surface area (Å²) in [6.07, 6.45) is 2.97. The fraction of sp³-hybridized carbons (Fsp3) is 0.182. The Morgan fingerprint density at radius 1 is 1.20 bits per heavy atom. The van der Waals surface area contributed by atoms with Crippen LogP contribution < -0.4 is 0 Å². The van der Waals surface area contributed by atoms with Gasteiger partial charge in [0, 0.05) is 38.0 Å². The van der Waals surface area contributed by atoms with Crippen molar-refractivity contribution in [2.24, 2.45) is 0 Å². The van der Waals surface area contributed by atoms with Gasteiger partial charge in [-0.25, -0.2) is 0 Å². The first-order valence-electron chi connectivity index (χ1n) is 4.41. The Bertz CT molecular complexity index is 377. The van der Waals surface area contributed by atoms with Gasteiger partial charge in [0.25, 0.3) is 0 Å². The molecule has 0 aromatic heterocycles. The molecule has 1 aromatic rings. The summed E-state index contributed by atoms with van der Waals surface area (Å²) in [5, 5.41) is 18.3. The van der Waals surface area contributed by atoms with Gasteiger partial charge < -0.3 is 15.1 Å². The molecule has 0 saturated carbocycles. The van der Waals surface area contributed by atoms with Crippen LogP contribution in [0.15, 0.2) is 30.5 Å². The number of allylic oxidation sites excluding steroid dienone is 1. The van der Waals surface area contributed by atoms with Crippen LogP contribution in [0.5, 0.6) is 11.5 Å². The minimum atomic E-state index is -0.269. The largest absolute Gasteiger partial charge is 0.508 e. The maximum atomic E-state index is 11.5. The molecular formula is C11H13NO3. The number of nitrogens with zero attached hydrogens (tertiary/aromatic N) is 1. The van der Waals surface area contributed by atoms with Gasteiger partial charge >= 0.3 is 0 Å². The lowest BCUT2D eigenvalue weighted by Crippen LogP contribution is -2.03. The molecule has 80 valence electrons. The van der Waals surface area contributed by atoms with Crippen molar-refractivity contribution in [2.75, 3.05) is 14.1 Å². The molecule has 0 aliphatic rings. The zero-order valence-electron chi connectivity index (χ0n) is 8.64. The lowest BCUT2D eigenvalue weighted by atomic mass is 10.1. The van der Waals surface area contributed by atoms with E-state index in [2.05, 4.69) is 0 Å². The molecule has 15 heavy (non-hydrogen) atoms. The lowest BCUT2D eigenvalue weighted by Gasteiger charge is -2.03. The molecule has 0 spiro atoms. The van der Waals surface area contributed by atoms with Gasteiger partial charge in [0.15, 0.2) is 5.78 Å². The predicted octanol–water partition coefficient (Wildman–Crippen LogP) is 1.36. The summed E-state index contributed by atoms with van der Waals surface area (Å²) in [6, 6.07) is 3.79. The van der Waals surface area contributed by atoms with E-state index in [9.17, 15) is 15.0 Å². The number of ketones is 1. The van der Waals surface area contributed by atoms with Crippen LogP contribution in [0.3, 0.4) is 0 Å². The van der Waals surface area contributed by atoms with Crippen molar-refractivity contribution in [3.8, 4) is 11.5 Å². The number of carbonyl (C=O) groups excluding carboxylic acids is 1. The van der Waals surface area contributed by atoms with Crippen LogP contribution in [0, 0.1) is 0 Å². The summed E-state index contributed by atoms with van der Waals surface area (Å²) in [5.74, 6) is -0.525. The highest BCUT2D eigenvalue weighted by atomic mass is 16.3. The van der Waals surface area contributed by atoms with Crippen LogP contribution in [0.2, 0.25) is 0 Å². The smallest absolute Gasteiger partial charge is 0.187 e. The van der Waals surface area contributed by atoms with Gasteiger partial charge in [0.2, 0.25) is 0 Å². The summed E-state index contributed by atoms with van der Waals surface area (Å²) in [4.78, 5) is 13.2. The van der Waals surface area contributed by atoms with Gasteiger partial charge in [-0.2, -0.15) is 0 Å². The maximum absolute atomic E-state index is 11.5. The van der Waals surface area contributed by atoms with Crippen molar-refractivity contribution >= 4 is 5.78 Å². The van der Waals surface area contributed by atoms with E-state index in [0.29, 0.717) is 0 Å². The molecule has 0 bridgehead atoms. The second-order valence-electron chi connectivity index (χ2n) is 3.38. The molecular weight excluding hydrogens is 194 g/mol. The number of aromatic hydroxyl groups is 2. The summed E-state index contributed by atoms with van der Waals surface area (Å²) in [5.41, 5.74) is 0.255. The van der Waals surface area contributed by atoms with Gasteiger partial charge in [-0.3, -0.25) is 4.79 Å². The molecule has 4 nitrogen and oxygen atoms in total. The average molecular weight is 207 g/mol. The van der Waals surface area contributed by atoms with Crippen LogP contribution in [0.25, 0.3) is 0 Å². The van der Waals surface area contributed by atoms with Crippen molar-refractivity contribution in [3.05, 3.63) is 36.0 Å². The topological polar surface area (TPSA) is 60.8 Å². The van der Waals surface area contributed by atoms with Crippen LogP contribution in [0.1, 0.15) is 10.4 Å². The molecule has 0 fully saturated rings. The SMILES string of the molecule is CN(C)/C=C/C(=O)c1cc(O)cc(O)c1. The van der Waals surface area contributed by atoms with Gasteiger partial charge in [-0.15, -0.1) is 0 Å². The Hall–Kier alpha value is -1.97. The van der Waals surface area contributed by atoms with Crippen molar-refractivity contribution in [2.45, 2.75) is 0 Å². The first-order chi connectivity index (χ1) is 6.99. The highest BCUT2D eigenvalue weighted by Gasteiger charge is 2.05. The van der Waals surface area contributed by atoms with E-state index < -0.39 is 0 Å². The number of benzene rings is 1. The Balaban J connectivity index is 2.91. The molecule has 0 unspecified atom stereocenters. The standard InChI is InChI=1S/C11H13NO3/c1-12(2)4-3-11(15)8-5-9(13)7-10(14)6-8/h3-7,13-14H,1-2H3/b4-3+. The molecule has 0 aliphatic carbocycles. The number of rotatable bonds is 3. The Kier molecular flexibility index (Phi) is 3.33. The van der Waals surface area contributed by atoms with Gasteiger partial charge in [0.1, 0.15) is 11.5 Å². The Morgan fingerprint density at radius 3 is 2.20 bits per heavy atom. The fourth-order valence-corrected chi connectivity index (χ4v) is 1.05. The van der Waals surface area contributed by atoms with E-state index in [0.717, 1.165) is 0 Å². The summed E-state index contributed by atoms with van der Waals surface area (Å²) < 4.78 is 0. The van der Waals surface area contributed by atoms with Crippen molar-refractivity contribution in [1.82, 2.24) is 4.90 Å². The first kappa shape index (κ1) is 11.1. The van der Waals surface area contributed by atoms with E-state index in [1.807, 2.05) is 0 Å². The number of hydrogen-bond acceptors (Lipinski definition) is 4. The molecule has 4 heteroatoms. The van der Waals surface area contributed by atoms with Crippen molar-refractivity contribution < 1.29 is 15.0 Å². The third-order valence-electron chi connectivity index (χ3n) is 1.71. The summed E-state index contributed by atoms with van der Waals surface area (Å²) in [7, 11) is 3.59. The minimum Gasteiger partial charge on any atom is -0.508 e. The molecule has 0 atom stereocenters. The lowest BCUT2D eigenvalue weighted by molar-refractivity contribution is 0.104. The molecule has 0 aliphatic heterocycles. The van der Waals surface area contributed by atoms with Crippen LogP contribution in [0.4, 0.5) is 0 Å². The predicted molar refractivity (Wildman–Crippen MR) is 56.9 cm³/mol. The fourth-order valence-electron chi connectivity index (χ4n) is 1.05. The quantitative estimate of drug-likeness (QED) is 0.580. The first-order valence-corrected chi connectivity index (χ1v) is 4.41. The monoisotopic (exact) mass is 207 g/mol. The molecule has 0 radical (unpaired) electrons. The molecule has 0 saturated heterocycles. The number of phenolic OH excluding ortho intramolecular Hbond substituents is 2. The third kappa shape index (κ3) is 3.34. The molecule has 0 heterocycles. The van der Waals surface area contributed by atoms with Crippen molar-refractivity contribution in [1.29, 1.82) is 0 Å². The number of hydrogen-bond donors (Lipinski definition) is 2. The Morgan fingerprint density at radius 2 is 1.73 bits per heavy atom. The Labute approximate surface area is 88.1 Å². The van der Waals surface area contributed by atoms with Crippen molar-refractivity contribution in [3.63, 3.8) is 0 Å². The second-order valence-corrected chi connectivity index (χ2v) is 3.38. The molecule has 0 amide bonds. The highest BCUT2D eigenvalue weighted by molar-refractivity contribution is 6.04. The third-order valence-corrected chi connectivity index (χ3v) is 1.71. The van der Waals surface area contributed by atoms with E-state index in [-0.39, 0.29) is 22.8 Å². The number of phenols is 2. The van der Waals surface area contributed by atoms with Gasteiger partial charge in [0.05, 0.1) is 0 Å². The molecule has 1 rings (SSSR count). The van der Waals surface area contributed by atoms with E-state index in [1.165, 1.54) is 24.3 Å². The number of carbonyl (C=O) groups is 1. The second kappa shape index (κ2) is 4.50. The van der Waals surface area contributed by atoms with E-state index in [1.54, 1.807) is 25.2 Å². The van der Waals surface area contributed by atoms with Crippen LogP contribution in [-0.4, -0.2) is 35.0 Å². The zero-order chi connectivity index (χ0) is 11.4. The van der Waals surface area contributed by atoms with Crippen LogP contribution in [-0.2, 0) is 0 Å². The van der Waals surface area contributed by atoms with E-state index in [4.69, 9.17) is 0 Å². The normalized spacial score (nSPS) is 10.5. The highest BCUT2D eigenvalue weighted by Crippen LogP contribution is 2.20. The summed E-state index contributed by atoms with van der Waals surface area (Å²) >= 11 is 0. The average Bonchev–Trinajstić information content (AvgIpc) is 2.12.